The molecular formula is C12H21NO4. The molecule has 1 fully saturated rings. The highest BCUT2D eigenvalue weighted by Gasteiger charge is 2.31. The van der Waals surface area contributed by atoms with Crippen LogP contribution in [-0.2, 0) is 14.3 Å². The zero-order chi connectivity index (χ0) is 12.8. The highest BCUT2D eigenvalue weighted by atomic mass is 16.5. The monoisotopic (exact) mass is 243 g/mol. The first-order valence-electron chi connectivity index (χ1n) is 6.18. The fourth-order valence-electron chi connectivity index (χ4n) is 2.02. The van der Waals surface area contributed by atoms with Gasteiger partial charge in [0.25, 0.3) is 0 Å². The SMILES string of the molecule is CCCC(CNC(=O)C1OCCC1C)C(=O)O. The van der Waals surface area contributed by atoms with Crippen LogP contribution in [0.15, 0.2) is 0 Å². The molecule has 1 aliphatic heterocycles. The van der Waals surface area contributed by atoms with Crippen molar-refractivity contribution < 1.29 is 19.4 Å². The Morgan fingerprint density at radius 2 is 2.24 bits per heavy atom. The predicted octanol–water partition coefficient (Wildman–Crippen LogP) is 1.03. The fraction of sp³-hybridized carbons (Fsp3) is 0.833. The molecule has 0 saturated carbocycles. The second-order valence-corrected chi connectivity index (χ2v) is 4.63. The van der Waals surface area contributed by atoms with E-state index in [1.165, 1.54) is 0 Å². The van der Waals surface area contributed by atoms with E-state index in [-0.39, 0.29) is 18.4 Å². The van der Waals surface area contributed by atoms with Crippen LogP contribution in [0, 0.1) is 11.8 Å². The van der Waals surface area contributed by atoms with Gasteiger partial charge in [0.15, 0.2) is 0 Å². The van der Waals surface area contributed by atoms with Gasteiger partial charge in [0, 0.05) is 13.2 Å². The number of carbonyl (C=O) groups is 2. The maximum absolute atomic E-state index is 11.8. The summed E-state index contributed by atoms with van der Waals surface area (Å²) < 4.78 is 5.32. The van der Waals surface area contributed by atoms with Crippen molar-refractivity contribution >= 4 is 11.9 Å². The maximum Gasteiger partial charge on any atom is 0.308 e. The van der Waals surface area contributed by atoms with Gasteiger partial charge in [-0.25, -0.2) is 0 Å². The number of carbonyl (C=O) groups excluding carboxylic acids is 1. The van der Waals surface area contributed by atoms with Crippen molar-refractivity contribution in [3.05, 3.63) is 0 Å². The zero-order valence-corrected chi connectivity index (χ0v) is 10.4. The molecule has 0 aromatic heterocycles. The standard InChI is InChI=1S/C12H21NO4/c1-3-4-9(12(15)16)7-13-11(14)10-8(2)5-6-17-10/h8-10H,3-7H2,1-2H3,(H,13,14)(H,15,16). The number of nitrogens with one attached hydrogen (secondary N) is 1. The van der Waals surface area contributed by atoms with Gasteiger partial charge in [-0.3, -0.25) is 9.59 Å². The minimum atomic E-state index is -0.854. The van der Waals surface area contributed by atoms with E-state index in [1.54, 1.807) is 0 Å². The molecule has 3 atom stereocenters. The zero-order valence-electron chi connectivity index (χ0n) is 10.4. The van der Waals surface area contributed by atoms with Crippen LogP contribution < -0.4 is 5.32 Å². The normalized spacial score (nSPS) is 25.5. The lowest BCUT2D eigenvalue weighted by atomic mass is 10.0. The highest BCUT2D eigenvalue weighted by molar-refractivity contribution is 5.82. The summed E-state index contributed by atoms with van der Waals surface area (Å²) in [6.45, 7) is 4.70. The Morgan fingerprint density at radius 3 is 2.71 bits per heavy atom. The first-order valence-corrected chi connectivity index (χ1v) is 6.18. The van der Waals surface area contributed by atoms with Crippen molar-refractivity contribution in [1.82, 2.24) is 5.32 Å². The lowest BCUT2D eigenvalue weighted by Crippen LogP contribution is -2.41. The summed E-state index contributed by atoms with van der Waals surface area (Å²) in [5.74, 6) is -1.32. The minimum absolute atomic E-state index is 0.183. The van der Waals surface area contributed by atoms with Crippen molar-refractivity contribution in [2.45, 2.75) is 39.2 Å². The van der Waals surface area contributed by atoms with Gasteiger partial charge in [-0.05, 0) is 18.8 Å². The van der Waals surface area contributed by atoms with Crippen LogP contribution in [0.5, 0.6) is 0 Å². The Morgan fingerprint density at radius 1 is 1.53 bits per heavy atom. The Hall–Kier alpha value is -1.10. The van der Waals surface area contributed by atoms with E-state index in [9.17, 15) is 9.59 Å². The Kier molecular flexibility index (Phi) is 5.41. The summed E-state index contributed by atoms with van der Waals surface area (Å²) in [4.78, 5) is 22.7. The van der Waals surface area contributed by atoms with Crippen LogP contribution in [0.3, 0.4) is 0 Å². The number of amides is 1. The molecule has 2 N–H and O–H groups in total. The van der Waals surface area contributed by atoms with Gasteiger partial charge in [0.05, 0.1) is 5.92 Å². The summed E-state index contributed by atoms with van der Waals surface area (Å²) in [7, 11) is 0. The molecule has 5 nitrogen and oxygen atoms in total. The second kappa shape index (κ2) is 6.59. The predicted molar refractivity (Wildman–Crippen MR) is 62.6 cm³/mol. The fourth-order valence-corrected chi connectivity index (χ4v) is 2.02. The summed E-state index contributed by atoms with van der Waals surface area (Å²) >= 11 is 0. The summed E-state index contributed by atoms with van der Waals surface area (Å²) in [6, 6.07) is 0. The van der Waals surface area contributed by atoms with Gasteiger partial charge in [-0.15, -0.1) is 0 Å². The van der Waals surface area contributed by atoms with Gasteiger partial charge in [0.1, 0.15) is 6.10 Å². The van der Waals surface area contributed by atoms with E-state index in [2.05, 4.69) is 5.32 Å². The number of carboxylic acid groups (broad SMARTS) is 1. The molecule has 0 bridgehead atoms. The van der Waals surface area contributed by atoms with Crippen molar-refractivity contribution in [3.8, 4) is 0 Å². The maximum atomic E-state index is 11.8. The number of carboxylic acids is 1. The third kappa shape index (κ3) is 4.00. The van der Waals surface area contributed by atoms with E-state index in [0.29, 0.717) is 13.0 Å². The van der Waals surface area contributed by atoms with Gasteiger partial charge in [-0.1, -0.05) is 20.3 Å². The lowest BCUT2D eigenvalue weighted by molar-refractivity contribution is -0.142. The Labute approximate surface area is 102 Å². The molecule has 98 valence electrons. The summed E-state index contributed by atoms with van der Waals surface area (Å²) in [6.07, 6.45) is 1.85. The van der Waals surface area contributed by atoms with Crippen LogP contribution in [-0.4, -0.2) is 36.2 Å². The molecule has 0 aromatic carbocycles. The molecule has 1 amide bonds. The molecular weight excluding hydrogens is 222 g/mol. The number of hydrogen-bond donors (Lipinski definition) is 2. The number of aliphatic carboxylic acids is 1. The molecule has 1 heterocycles. The van der Waals surface area contributed by atoms with Crippen LogP contribution >= 0.6 is 0 Å². The minimum Gasteiger partial charge on any atom is -0.481 e. The Bertz CT molecular complexity index is 280. The van der Waals surface area contributed by atoms with E-state index in [4.69, 9.17) is 9.84 Å². The van der Waals surface area contributed by atoms with E-state index in [1.807, 2.05) is 13.8 Å². The van der Waals surface area contributed by atoms with Gasteiger partial charge >= 0.3 is 5.97 Å². The molecule has 1 saturated heterocycles. The average Bonchev–Trinajstić information content (AvgIpc) is 2.69. The van der Waals surface area contributed by atoms with Gasteiger partial charge in [0.2, 0.25) is 5.91 Å². The Balaban J connectivity index is 2.38. The van der Waals surface area contributed by atoms with Crippen molar-refractivity contribution in [3.63, 3.8) is 0 Å². The molecule has 1 rings (SSSR count). The highest BCUT2D eigenvalue weighted by Crippen LogP contribution is 2.20. The quantitative estimate of drug-likeness (QED) is 0.730. The first kappa shape index (κ1) is 14.0. The molecule has 0 spiro atoms. The summed E-state index contributed by atoms with van der Waals surface area (Å²) in [5.41, 5.74) is 0. The van der Waals surface area contributed by atoms with Crippen molar-refractivity contribution in [2.24, 2.45) is 11.8 Å². The van der Waals surface area contributed by atoms with Crippen LogP contribution in [0.4, 0.5) is 0 Å². The number of ether oxygens (including phenoxy) is 1. The molecule has 5 heteroatoms. The van der Waals surface area contributed by atoms with E-state index >= 15 is 0 Å². The van der Waals surface area contributed by atoms with Crippen molar-refractivity contribution in [2.75, 3.05) is 13.2 Å². The lowest BCUT2D eigenvalue weighted by Gasteiger charge is -2.17. The largest absolute Gasteiger partial charge is 0.481 e. The summed E-state index contributed by atoms with van der Waals surface area (Å²) in [5, 5.41) is 11.6. The number of rotatable bonds is 6. The van der Waals surface area contributed by atoms with Crippen molar-refractivity contribution in [1.29, 1.82) is 0 Å². The smallest absolute Gasteiger partial charge is 0.308 e. The van der Waals surface area contributed by atoms with E-state index < -0.39 is 18.0 Å². The topological polar surface area (TPSA) is 75.6 Å². The van der Waals surface area contributed by atoms with Gasteiger partial charge < -0.3 is 15.2 Å². The third-order valence-corrected chi connectivity index (χ3v) is 3.15. The van der Waals surface area contributed by atoms with Crippen LogP contribution in [0.2, 0.25) is 0 Å². The number of hydrogen-bond acceptors (Lipinski definition) is 3. The van der Waals surface area contributed by atoms with Crippen LogP contribution in [0.1, 0.15) is 33.1 Å². The van der Waals surface area contributed by atoms with Gasteiger partial charge in [-0.2, -0.15) is 0 Å². The molecule has 1 aliphatic rings. The molecule has 0 aromatic rings. The molecule has 17 heavy (non-hydrogen) atoms. The molecule has 0 radical (unpaired) electrons. The van der Waals surface area contributed by atoms with E-state index in [0.717, 1.165) is 12.8 Å². The molecule has 0 aliphatic carbocycles. The second-order valence-electron chi connectivity index (χ2n) is 4.63. The molecule has 3 unspecified atom stereocenters. The van der Waals surface area contributed by atoms with Crippen LogP contribution in [0.25, 0.3) is 0 Å². The average molecular weight is 243 g/mol. The third-order valence-electron chi connectivity index (χ3n) is 3.15. The first-order chi connectivity index (χ1) is 8.06.